The number of fused-ring (bicyclic) bond motifs is 1. The van der Waals surface area contributed by atoms with Crippen LogP contribution in [0, 0.1) is 6.92 Å². The molecule has 1 amide bonds. The maximum absolute atomic E-state index is 13.1. The number of rotatable bonds is 5. The first-order chi connectivity index (χ1) is 14.6. The summed E-state index contributed by atoms with van der Waals surface area (Å²) in [6.45, 7) is 2.16. The van der Waals surface area contributed by atoms with Crippen molar-refractivity contribution in [2.45, 2.75) is 20.1 Å². The molecule has 0 saturated heterocycles. The summed E-state index contributed by atoms with van der Waals surface area (Å²) < 4.78 is 1.83. The summed E-state index contributed by atoms with van der Waals surface area (Å²) in [5.41, 5.74) is 3.95. The van der Waals surface area contributed by atoms with E-state index in [0.29, 0.717) is 23.0 Å². The third-order valence-corrected chi connectivity index (χ3v) is 5.10. The van der Waals surface area contributed by atoms with Crippen LogP contribution in [0.4, 0.5) is 0 Å². The zero-order valence-electron chi connectivity index (χ0n) is 17.2. The molecule has 3 aromatic carbocycles. The van der Waals surface area contributed by atoms with E-state index in [2.05, 4.69) is 5.32 Å². The molecule has 0 fully saturated rings. The molecule has 6 heteroatoms. The first-order valence-electron chi connectivity index (χ1n) is 9.75. The topological polar surface area (TPSA) is 71.3 Å². The zero-order valence-corrected chi connectivity index (χ0v) is 20.0. The number of carbonyl (C=O) groups is 1. The SMILES string of the molecule is Cc1ccc(CNC(=O)c2cn(-c3ccccc3)c3ccc(CO)cc3c2=O)cc1.[Y]. The largest absolute Gasteiger partial charge is 0.392 e. The molecular formula is C25H22N2O3Y. The molecule has 4 aromatic rings. The Kier molecular flexibility index (Phi) is 7.55. The summed E-state index contributed by atoms with van der Waals surface area (Å²) in [5.74, 6) is -0.429. The molecule has 0 aliphatic rings. The van der Waals surface area contributed by atoms with Crippen molar-refractivity contribution in [3.8, 4) is 5.69 Å². The molecule has 0 atom stereocenters. The molecule has 0 aliphatic heterocycles. The number of pyridine rings is 1. The predicted octanol–water partition coefficient (Wildman–Crippen LogP) is 3.72. The number of aliphatic hydroxyl groups excluding tert-OH is 1. The number of hydrogen-bond acceptors (Lipinski definition) is 3. The van der Waals surface area contributed by atoms with Crippen molar-refractivity contribution in [3.05, 3.63) is 111 Å². The molecule has 31 heavy (non-hydrogen) atoms. The van der Waals surface area contributed by atoms with E-state index in [1.165, 1.54) is 0 Å². The molecule has 0 spiro atoms. The second-order valence-corrected chi connectivity index (χ2v) is 7.26. The molecule has 4 rings (SSSR count). The van der Waals surface area contributed by atoms with Gasteiger partial charge in [0.2, 0.25) is 5.43 Å². The van der Waals surface area contributed by atoms with Crippen molar-refractivity contribution < 1.29 is 42.6 Å². The Morgan fingerprint density at radius 1 is 0.968 bits per heavy atom. The molecule has 2 N–H and O–H groups in total. The Morgan fingerprint density at radius 3 is 2.32 bits per heavy atom. The predicted molar refractivity (Wildman–Crippen MR) is 118 cm³/mol. The van der Waals surface area contributed by atoms with Crippen LogP contribution in [0.15, 0.2) is 83.8 Å². The number of nitrogens with zero attached hydrogens (tertiary/aromatic N) is 1. The van der Waals surface area contributed by atoms with Crippen molar-refractivity contribution >= 4 is 16.8 Å². The average molecular weight is 487 g/mol. The van der Waals surface area contributed by atoms with Crippen LogP contribution in [0.25, 0.3) is 16.6 Å². The van der Waals surface area contributed by atoms with Crippen LogP contribution in [0.1, 0.15) is 27.0 Å². The van der Waals surface area contributed by atoms with Gasteiger partial charge in [-0.05, 0) is 42.3 Å². The van der Waals surface area contributed by atoms with Gasteiger partial charge in [0.15, 0.2) is 0 Å². The number of para-hydroxylation sites is 1. The summed E-state index contributed by atoms with van der Waals surface area (Å²) >= 11 is 0. The monoisotopic (exact) mass is 487 g/mol. The van der Waals surface area contributed by atoms with E-state index in [4.69, 9.17) is 0 Å². The van der Waals surface area contributed by atoms with E-state index in [1.807, 2.05) is 66.1 Å². The number of hydrogen-bond donors (Lipinski definition) is 2. The zero-order chi connectivity index (χ0) is 21.1. The fraction of sp³-hybridized carbons (Fsp3) is 0.120. The van der Waals surface area contributed by atoms with E-state index in [1.54, 1.807) is 24.4 Å². The Hall–Kier alpha value is -2.60. The van der Waals surface area contributed by atoms with Crippen molar-refractivity contribution in [2.24, 2.45) is 0 Å². The maximum atomic E-state index is 13.1. The fourth-order valence-electron chi connectivity index (χ4n) is 3.42. The molecule has 0 aliphatic carbocycles. The van der Waals surface area contributed by atoms with Gasteiger partial charge >= 0.3 is 0 Å². The minimum atomic E-state index is -0.429. The number of nitrogens with one attached hydrogen (secondary N) is 1. The summed E-state index contributed by atoms with van der Waals surface area (Å²) in [6, 6.07) is 22.6. The van der Waals surface area contributed by atoms with Gasteiger partial charge in [-0.25, -0.2) is 0 Å². The van der Waals surface area contributed by atoms with Gasteiger partial charge in [-0.3, -0.25) is 9.59 Å². The fourth-order valence-corrected chi connectivity index (χ4v) is 3.42. The standard InChI is InChI=1S/C25H22N2O3.Y/c1-17-7-9-18(10-8-17)14-26-25(30)22-15-27(20-5-3-2-4-6-20)23-12-11-19(16-28)13-21(23)24(22)29;/h2-13,15,28H,14,16H2,1H3,(H,26,30);. The second-order valence-electron chi connectivity index (χ2n) is 7.26. The molecule has 1 radical (unpaired) electrons. The number of amides is 1. The van der Waals surface area contributed by atoms with E-state index in [9.17, 15) is 14.7 Å². The van der Waals surface area contributed by atoms with E-state index < -0.39 is 5.91 Å². The molecule has 153 valence electrons. The Morgan fingerprint density at radius 2 is 1.65 bits per heavy atom. The van der Waals surface area contributed by atoms with Crippen LogP contribution < -0.4 is 10.7 Å². The van der Waals surface area contributed by atoms with Gasteiger partial charge in [-0.2, -0.15) is 0 Å². The quantitative estimate of drug-likeness (QED) is 0.451. The van der Waals surface area contributed by atoms with Gasteiger partial charge in [0.1, 0.15) is 5.56 Å². The molecular weight excluding hydrogens is 465 g/mol. The number of benzene rings is 3. The van der Waals surface area contributed by atoms with Crippen LogP contribution >= 0.6 is 0 Å². The minimum Gasteiger partial charge on any atom is -0.392 e. The third-order valence-electron chi connectivity index (χ3n) is 5.10. The van der Waals surface area contributed by atoms with Crippen molar-refractivity contribution in [2.75, 3.05) is 0 Å². The normalized spacial score (nSPS) is 10.5. The number of aromatic nitrogens is 1. The smallest absolute Gasteiger partial charge is 0.257 e. The molecule has 0 unspecified atom stereocenters. The van der Waals surface area contributed by atoms with Crippen LogP contribution in [-0.4, -0.2) is 15.6 Å². The average Bonchev–Trinajstić information content (AvgIpc) is 2.79. The van der Waals surface area contributed by atoms with Gasteiger partial charge in [-0.1, -0.05) is 54.1 Å². The van der Waals surface area contributed by atoms with Crippen LogP contribution in [-0.2, 0) is 45.9 Å². The number of carbonyl (C=O) groups excluding carboxylic acids is 1. The Bertz CT molecular complexity index is 1270. The van der Waals surface area contributed by atoms with Crippen molar-refractivity contribution in [1.29, 1.82) is 0 Å². The van der Waals surface area contributed by atoms with Crippen LogP contribution in [0.2, 0.25) is 0 Å². The molecule has 5 nitrogen and oxygen atoms in total. The molecule has 1 aromatic heterocycles. The Labute approximate surface area is 205 Å². The summed E-state index contributed by atoms with van der Waals surface area (Å²) in [4.78, 5) is 26.0. The van der Waals surface area contributed by atoms with Gasteiger partial charge in [0, 0.05) is 56.5 Å². The van der Waals surface area contributed by atoms with E-state index in [0.717, 1.165) is 16.8 Å². The number of aryl methyl sites for hydroxylation is 1. The van der Waals surface area contributed by atoms with Gasteiger partial charge < -0.3 is 15.0 Å². The summed E-state index contributed by atoms with van der Waals surface area (Å²) in [5, 5.41) is 12.7. The molecule has 1 heterocycles. The van der Waals surface area contributed by atoms with Crippen molar-refractivity contribution in [3.63, 3.8) is 0 Å². The first kappa shape index (κ1) is 23.1. The van der Waals surface area contributed by atoms with Gasteiger partial charge in [-0.15, -0.1) is 0 Å². The Balaban J connectivity index is 0.00000272. The molecule has 0 saturated carbocycles. The first-order valence-corrected chi connectivity index (χ1v) is 9.75. The molecule has 0 bridgehead atoms. The summed E-state index contributed by atoms with van der Waals surface area (Å²) in [7, 11) is 0. The second kappa shape index (κ2) is 10.1. The maximum Gasteiger partial charge on any atom is 0.257 e. The van der Waals surface area contributed by atoms with Crippen LogP contribution in [0.3, 0.4) is 0 Å². The van der Waals surface area contributed by atoms with E-state index >= 15 is 0 Å². The summed E-state index contributed by atoms with van der Waals surface area (Å²) in [6.07, 6.45) is 1.59. The van der Waals surface area contributed by atoms with E-state index in [-0.39, 0.29) is 50.3 Å². The minimum absolute atomic E-state index is 0. The third kappa shape index (κ3) is 5.01. The number of aliphatic hydroxyl groups is 1. The van der Waals surface area contributed by atoms with Crippen molar-refractivity contribution in [1.82, 2.24) is 9.88 Å². The van der Waals surface area contributed by atoms with Gasteiger partial charge in [0.25, 0.3) is 5.91 Å². The van der Waals surface area contributed by atoms with Crippen LogP contribution in [0.5, 0.6) is 0 Å². The van der Waals surface area contributed by atoms with Gasteiger partial charge in [0.05, 0.1) is 12.1 Å².